The van der Waals surface area contributed by atoms with E-state index >= 15 is 0 Å². The SMILES string of the molecule is C[C@@H]1CCN(C(=O)c2cccs2)C[C@@H]1n1c(=O)[nH]c2cnc3[nH]ccc3c21. The highest BCUT2D eigenvalue weighted by atomic mass is 32.1. The van der Waals surface area contributed by atoms with Crippen molar-refractivity contribution in [3.63, 3.8) is 0 Å². The minimum absolute atomic E-state index is 0.0447. The van der Waals surface area contributed by atoms with Gasteiger partial charge in [0.2, 0.25) is 0 Å². The van der Waals surface area contributed by atoms with Crippen LogP contribution in [0.15, 0.2) is 40.8 Å². The monoisotopic (exact) mass is 381 g/mol. The molecule has 4 aromatic rings. The van der Waals surface area contributed by atoms with E-state index in [9.17, 15) is 9.59 Å². The summed E-state index contributed by atoms with van der Waals surface area (Å²) in [4.78, 5) is 38.7. The first-order valence-corrected chi connectivity index (χ1v) is 9.90. The molecule has 0 aliphatic carbocycles. The molecule has 27 heavy (non-hydrogen) atoms. The zero-order chi connectivity index (χ0) is 18.5. The van der Waals surface area contributed by atoms with Crippen molar-refractivity contribution in [3.8, 4) is 0 Å². The first-order valence-electron chi connectivity index (χ1n) is 9.02. The number of aromatic amines is 2. The van der Waals surface area contributed by atoms with Crippen molar-refractivity contribution in [2.24, 2.45) is 5.92 Å². The highest BCUT2D eigenvalue weighted by Crippen LogP contribution is 2.32. The Kier molecular flexibility index (Phi) is 3.68. The lowest BCUT2D eigenvalue weighted by atomic mass is 9.93. The minimum Gasteiger partial charge on any atom is -0.346 e. The number of rotatable bonds is 2. The molecule has 1 fully saturated rings. The summed E-state index contributed by atoms with van der Waals surface area (Å²) in [6.45, 7) is 3.39. The number of pyridine rings is 1. The molecule has 1 amide bonds. The van der Waals surface area contributed by atoms with Crippen LogP contribution in [-0.2, 0) is 0 Å². The molecule has 5 heterocycles. The van der Waals surface area contributed by atoms with Crippen LogP contribution in [0.25, 0.3) is 22.1 Å². The highest BCUT2D eigenvalue weighted by molar-refractivity contribution is 7.12. The number of thiophene rings is 1. The Morgan fingerprint density at radius 3 is 3.07 bits per heavy atom. The summed E-state index contributed by atoms with van der Waals surface area (Å²) in [5.41, 5.74) is 2.18. The van der Waals surface area contributed by atoms with Gasteiger partial charge in [-0.3, -0.25) is 9.36 Å². The molecule has 1 aliphatic heterocycles. The summed E-state index contributed by atoms with van der Waals surface area (Å²) in [5, 5.41) is 2.83. The molecule has 2 atom stereocenters. The van der Waals surface area contributed by atoms with E-state index in [0.29, 0.717) is 13.1 Å². The van der Waals surface area contributed by atoms with Crippen molar-refractivity contribution >= 4 is 39.3 Å². The Hall–Kier alpha value is -2.87. The van der Waals surface area contributed by atoms with E-state index in [-0.39, 0.29) is 23.6 Å². The van der Waals surface area contributed by atoms with Gasteiger partial charge in [-0.05, 0) is 29.9 Å². The molecule has 0 radical (unpaired) electrons. The van der Waals surface area contributed by atoms with Crippen molar-refractivity contribution < 1.29 is 4.79 Å². The van der Waals surface area contributed by atoms with E-state index in [2.05, 4.69) is 21.9 Å². The fourth-order valence-corrected chi connectivity index (χ4v) is 4.75. The van der Waals surface area contributed by atoms with Crippen molar-refractivity contribution in [3.05, 3.63) is 51.3 Å². The van der Waals surface area contributed by atoms with Gasteiger partial charge in [0.05, 0.1) is 28.1 Å². The molecule has 0 bridgehead atoms. The lowest BCUT2D eigenvalue weighted by Crippen LogP contribution is -2.45. The van der Waals surface area contributed by atoms with Gasteiger partial charge in [0, 0.05) is 24.7 Å². The van der Waals surface area contributed by atoms with Crippen LogP contribution in [0.4, 0.5) is 0 Å². The van der Waals surface area contributed by atoms with Crippen LogP contribution < -0.4 is 5.69 Å². The molecular formula is C19H19N5O2S. The predicted octanol–water partition coefficient (Wildman–Crippen LogP) is 2.99. The van der Waals surface area contributed by atoms with E-state index in [4.69, 9.17) is 0 Å². The molecule has 4 aromatic heterocycles. The summed E-state index contributed by atoms with van der Waals surface area (Å²) in [7, 11) is 0. The van der Waals surface area contributed by atoms with Crippen LogP contribution in [-0.4, -0.2) is 43.4 Å². The normalized spacial score (nSPS) is 20.6. The van der Waals surface area contributed by atoms with Crippen molar-refractivity contribution in [2.75, 3.05) is 13.1 Å². The second kappa shape index (κ2) is 6.09. The van der Waals surface area contributed by atoms with Crippen LogP contribution in [0, 0.1) is 5.92 Å². The number of carbonyl (C=O) groups is 1. The van der Waals surface area contributed by atoms with E-state index in [0.717, 1.165) is 33.4 Å². The molecule has 7 nitrogen and oxygen atoms in total. The number of nitrogens with one attached hydrogen (secondary N) is 2. The van der Waals surface area contributed by atoms with Crippen molar-refractivity contribution in [2.45, 2.75) is 19.4 Å². The summed E-state index contributed by atoms with van der Waals surface area (Å²) < 4.78 is 1.83. The van der Waals surface area contributed by atoms with E-state index in [1.807, 2.05) is 39.2 Å². The number of piperidine rings is 1. The number of likely N-dealkylation sites (tertiary alicyclic amines) is 1. The molecule has 0 saturated carbocycles. The second-order valence-corrected chi connectivity index (χ2v) is 8.07. The third kappa shape index (κ3) is 2.51. The molecule has 0 aromatic carbocycles. The molecule has 5 rings (SSSR count). The standard InChI is InChI=1S/C19H19N5O2S/c1-11-5-7-23(18(25)15-3-2-8-27-15)10-14(11)24-16-12-4-6-20-17(12)21-9-13(16)22-19(24)26/h2-4,6,8-9,11,14H,5,7,10H2,1H3,(H,20,21)(H,22,26)/t11-,14+/m1/s1. The number of hydrogen-bond donors (Lipinski definition) is 2. The second-order valence-electron chi connectivity index (χ2n) is 7.12. The maximum atomic E-state index is 12.8. The molecule has 1 aliphatic rings. The topological polar surface area (TPSA) is 86.8 Å². The third-order valence-corrected chi connectivity index (χ3v) is 6.39. The number of hydrogen-bond acceptors (Lipinski definition) is 4. The van der Waals surface area contributed by atoms with Gasteiger partial charge in [-0.2, -0.15) is 0 Å². The first kappa shape index (κ1) is 16.3. The molecule has 0 unspecified atom stereocenters. The van der Waals surface area contributed by atoms with Crippen LogP contribution >= 0.6 is 11.3 Å². The Bertz CT molecular complexity index is 1190. The maximum Gasteiger partial charge on any atom is 0.326 e. The van der Waals surface area contributed by atoms with E-state index < -0.39 is 0 Å². The quantitative estimate of drug-likeness (QED) is 0.560. The molecule has 8 heteroatoms. The fraction of sp³-hybridized carbons (Fsp3) is 0.316. The lowest BCUT2D eigenvalue weighted by molar-refractivity contribution is 0.0627. The zero-order valence-corrected chi connectivity index (χ0v) is 15.6. The predicted molar refractivity (Wildman–Crippen MR) is 105 cm³/mol. The largest absolute Gasteiger partial charge is 0.346 e. The minimum atomic E-state index is -0.150. The highest BCUT2D eigenvalue weighted by Gasteiger charge is 2.33. The number of carbonyl (C=O) groups excluding carboxylic acids is 1. The number of imidazole rings is 1. The molecule has 1 saturated heterocycles. The third-order valence-electron chi connectivity index (χ3n) is 5.53. The van der Waals surface area contributed by atoms with Gasteiger partial charge in [-0.25, -0.2) is 9.78 Å². The number of aromatic nitrogens is 4. The number of amides is 1. The smallest absolute Gasteiger partial charge is 0.326 e. The van der Waals surface area contributed by atoms with Crippen molar-refractivity contribution in [1.29, 1.82) is 0 Å². The first-order chi connectivity index (χ1) is 13.1. The molecule has 138 valence electrons. The Balaban J connectivity index is 1.60. The van der Waals surface area contributed by atoms with E-state index in [1.54, 1.807) is 6.20 Å². The number of nitrogens with zero attached hydrogens (tertiary/aromatic N) is 3. The Morgan fingerprint density at radius 1 is 1.37 bits per heavy atom. The van der Waals surface area contributed by atoms with E-state index in [1.165, 1.54) is 11.3 Å². The Labute approximate surface area is 158 Å². The summed E-state index contributed by atoms with van der Waals surface area (Å²) in [6, 6.07) is 5.61. The van der Waals surface area contributed by atoms with Crippen LogP contribution in [0.2, 0.25) is 0 Å². The fourth-order valence-electron chi connectivity index (χ4n) is 4.06. The summed E-state index contributed by atoms with van der Waals surface area (Å²) in [6.07, 6.45) is 4.38. The summed E-state index contributed by atoms with van der Waals surface area (Å²) >= 11 is 1.45. The Morgan fingerprint density at radius 2 is 2.26 bits per heavy atom. The zero-order valence-electron chi connectivity index (χ0n) is 14.8. The average Bonchev–Trinajstić information content (AvgIpc) is 3.40. The molecule has 2 N–H and O–H groups in total. The van der Waals surface area contributed by atoms with Crippen LogP contribution in [0.3, 0.4) is 0 Å². The van der Waals surface area contributed by atoms with Gasteiger partial charge in [-0.1, -0.05) is 13.0 Å². The van der Waals surface area contributed by atoms with Gasteiger partial charge >= 0.3 is 5.69 Å². The maximum absolute atomic E-state index is 12.8. The molecule has 0 spiro atoms. The molecular weight excluding hydrogens is 362 g/mol. The van der Waals surface area contributed by atoms with Crippen molar-refractivity contribution in [1.82, 2.24) is 24.4 Å². The number of fused-ring (bicyclic) bond motifs is 3. The van der Waals surface area contributed by atoms with Gasteiger partial charge in [0.25, 0.3) is 5.91 Å². The lowest BCUT2D eigenvalue weighted by Gasteiger charge is -2.37. The average molecular weight is 381 g/mol. The number of H-pyrrole nitrogens is 2. The van der Waals surface area contributed by atoms with Crippen LogP contribution in [0.1, 0.15) is 29.1 Å². The van der Waals surface area contributed by atoms with Gasteiger partial charge in [0.1, 0.15) is 5.65 Å². The van der Waals surface area contributed by atoms with Gasteiger partial charge in [0.15, 0.2) is 0 Å². The van der Waals surface area contributed by atoms with Gasteiger partial charge < -0.3 is 14.9 Å². The van der Waals surface area contributed by atoms with Crippen LogP contribution in [0.5, 0.6) is 0 Å². The van der Waals surface area contributed by atoms with Gasteiger partial charge in [-0.15, -0.1) is 11.3 Å². The summed E-state index contributed by atoms with van der Waals surface area (Å²) in [5.74, 6) is 0.333.